The molecule has 1 amide bonds. The number of carbonyl (C=O) groups is 1. The molecule has 0 radical (unpaired) electrons. The van der Waals surface area contributed by atoms with Gasteiger partial charge in [-0.05, 0) is 49.2 Å². The number of piperazine rings is 1. The molecule has 6 rings (SSSR count). The van der Waals surface area contributed by atoms with E-state index in [-0.39, 0.29) is 23.9 Å². The normalized spacial score (nSPS) is 19.0. The fraction of sp³-hybridized carbons (Fsp3) is 0.360. The molecule has 2 N–H and O–H groups in total. The number of sulfonamides is 1. The summed E-state index contributed by atoms with van der Waals surface area (Å²) in [5.74, 6) is 0.102. The quantitative estimate of drug-likeness (QED) is 0.549. The second-order valence-corrected chi connectivity index (χ2v) is 11.3. The van der Waals surface area contributed by atoms with Crippen LogP contribution < -0.4 is 10.2 Å². The third kappa shape index (κ3) is 4.33. The number of aromatic nitrogens is 2. The maximum atomic E-state index is 13.0. The molecule has 1 saturated heterocycles. The summed E-state index contributed by atoms with van der Waals surface area (Å²) in [4.78, 5) is 18.1. The van der Waals surface area contributed by atoms with Crippen molar-refractivity contribution in [1.29, 1.82) is 0 Å². The Balaban J connectivity index is 1.10. The minimum absolute atomic E-state index is 0.157. The van der Waals surface area contributed by atoms with Crippen LogP contribution in [0.4, 0.5) is 11.5 Å². The van der Waals surface area contributed by atoms with Crippen LogP contribution in [0.15, 0.2) is 59.5 Å². The van der Waals surface area contributed by atoms with E-state index >= 15 is 0 Å². The molecule has 10 heteroatoms. The molecule has 0 atom stereocenters. The number of amides is 1. The van der Waals surface area contributed by atoms with E-state index in [9.17, 15) is 13.2 Å². The Labute approximate surface area is 204 Å². The molecule has 3 aliphatic rings. The van der Waals surface area contributed by atoms with Crippen molar-refractivity contribution in [2.24, 2.45) is 0 Å². The van der Waals surface area contributed by atoms with Gasteiger partial charge < -0.3 is 10.2 Å². The molecule has 3 heterocycles. The van der Waals surface area contributed by atoms with E-state index in [0.717, 1.165) is 37.9 Å². The predicted octanol–water partition coefficient (Wildman–Crippen LogP) is 2.65. The molecular formula is C25H28N6O3S. The number of anilines is 2. The number of aromatic amines is 1. The zero-order chi connectivity index (χ0) is 24.0. The number of rotatable bonds is 6. The van der Waals surface area contributed by atoms with E-state index in [4.69, 9.17) is 0 Å². The van der Waals surface area contributed by atoms with Gasteiger partial charge in [-0.1, -0.05) is 18.2 Å². The summed E-state index contributed by atoms with van der Waals surface area (Å²) in [6, 6.07) is 16.8. The monoisotopic (exact) mass is 492 g/mol. The number of carbonyl (C=O) groups excluding carboxylic acids is 1. The maximum absolute atomic E-state index is 13.0. The van der Waals surface area contributed by atoms with Gasteiger partial charge in [-0.2, -0.15) is 9.40 Å². The number of hydrogen-bond acceptors (Lipinski definition) is 6. The molecule has 2 aromatic carbocycles. The number of H-pyrrole nitrogens is 1. The SMILES string of the molecule is O=C(Nc1n[nH]c2c1CN(S(=O)(=O)c1ccccc1)C2)c1ccc(N2CCN(C3CC3)CC2)cc1. The van der Waals surface area contributed by atoms with Gasteiger partial charge >= 0.3 is 0 Å². The number of benzene rings is 2. The van der Waals surface area contributed by atoms with E-state index in [0.29, 0.717) is 22.6 Å². The molecular weight excluding hydrogens is 464 g/mol. The van der Waals surface area contributed by atoms with E-state index in [2.05, 4.69) is 25.3 Å². The molecule has 35 heavy (non-hydrogen) atoms. The summed E-state index contributed by atoms with van der Waals surface area (Å²) in [5, 5.41) is 9.95. The minimum atomic E-state index is -3.63. The maximum Gasteiger partial charge on any atom is 0.256 e. The molecule has 0 unspecified atom stereocenters. The van der Waals surface area contributed by atoms with Crippen molar-refractivity contribution in [3.05, 3.63) is 71.4 Å². The summed E-state index contributed by atoms with van der Waals surface area (Å²) >= 11 is 0. The fourth-order valence-electron chi connectivity index (χ4n) is 4.91. The molecule has 2 aliphatic heterocycles. The Morgan fingerprint density at radius 2 is 1.66 bits per heavy atom. The van der Waals surface area contributed by atoms with Gasteiger partial charge in [-0.25, -0.2) is 8.42 Å². The van der Waals surface area contributed by atoms with Crippen LogP contribution in [-0.2, 0) is 23.1 Å². The van der Waals surface area contributed by atoms with E-state index in [1.807, 2.05) is 24.3 Å². The Morgan fingerprint density at radius 3 is 2.34 bits per heavy atom. The molecule has 1 saturated carbocycles. The molecule has 1 aromatic heterocycles. The number of nitrogens with zero attached hydrogens (tertiary/aromatic N) is 4. The van der Waals surface area contributed by atoms with Crippen molar-refractivity contribution < 1.29 is 13.2 Å². The van der Waals surface area contributed by atoms with E-state index in [1.165, 1.54) is 17.1 Å². The van der Waals surface area contributed by atoms with Crippen LogP contribution in [0, 0.1) is 0 Å². The predicted molar refractivity (Wildman–Crippen MR) is 133 cm³/mol. The first kappa shape index (κ1) is 22.3. The Hall–Kier alpha value is -3.21. The van der Waals surface area contributed by atoms with Crippen LogP contribution in [0.1, 0.15) is 34.5 Å². The van der Waals surface area contributed by atoms with Crippen molar-refractivity contribution in [3.63, 3.8) is 0 Å². The molecule has 1 aliphatic carbocycles. The summed E-state index contributed by atoms with van der Waals surface area (Å²) in [6.07, 6.45) is 2.67. The highest BCUT2D eigenvalue weighted by molar-refractivity contribution is 7.89. The zero-order valence-corrected chi connectivity index (χ0v) is 20.2. The number of fused-ring (bicyclic) bond motifs is 1. The lowest BCUT2D eigenvalue weighted by molar-refractivity contribution is 0.102. The van der Waals surface area contributed by atoms with Gasteiger partial charge in [-0.15, -0.1) is 0 Å². The van der Waals surface area contributed by atoms with Crippen LogP contribution in [-0.4, -0.2) is 65.9 Å². The lowest BCUT2D eigenvalue weighted by Crippen LogP contribution is -2.47. The fourth-order valence-corrected chi connectivity index (χ4v) is 6.31. The minimum Gasteiger partial charge on any atom is -0.369 e. The van der Waals surface area contributed by atoms with Crippen molar-refractivity contribution in [3.8, 4) is 0 Å². The van der Waals surface area contributed by atoms with E-state index in [1.54, 1.807) is 30.3 Å². The first-order valence-electron chi connectivity index (χ1n) is 12.0. The Bertz CT molecular complexity index is 1330. The molecule has 0 bridgehead atoms. The van der Waals surface area contributed by atoms with Gasteiger partial charge in [-0.3, -0.25) is 14.8 Å². The molecule has 182 valence electrons. The second-order valence-electron chi connectivity index (χ2n) is 9.37. The van der Waals surface area contributed by atoms with Gasteiger partial charge in [0.25, 0.3) is 5.91 Å². The summed E-state index contributed by atoms with van der Waals surface area (Å²) in [5.41, 5.74) is 3.05. The molecule has 2 fully saturated rings. The van der Waals surface area contributed by atoms with Crippen LogP contribution in [0.3, 0.4) is 0 Å². The van der Waals surface area contributed by atoms with Crippen molar-refractivity contribution in [2.45, 2.75) is 36.9 Å². The zero-order valence-electron chi connectivity index (χ0n) is 19.4. The topological polar surface area (TPSA) is 102 Å². The Kier molecular flexibility index (Phi) is 5.58. The van der Waals surface area contributed by atoms with Gasteiger partial charge in [0.2, 0.25) is 10.0 Å². The molecule has 3 aromatic rings. The van der Waals surface area contributed by atoms with Crippen molar-refractivity contribution in [2.75, 3.05) is 36.4 Å². The summed E-state index contributed by atoms with van der Waals surface area (Å²) < 4.78 is 27.3. The first-order chi connectivity index (χ1) is 17.0. The Morgan fingerprint density at radius 1 is 0.943 bits per heavy atom. The van der Waals surface area contributed by atoms with Gasteiger partial charge in [0.15, 0.2) is 5.82 Å². The number of hydrogen-bond donors (Lipinski definition) is 2. The highest BCUT2D eigenvalue weighted by Gasteiger charge is 2.34. The van der Waals surface area contributed by atoms with Crippen LogP contribution >= 0.6 is 0 Å². The summed E-state index contributed by atoms with van der Waals surface area (Å²) in [6.45, 7) is 4.54. The third-order valence-electron chi connectivity index (χ3n) is 7.11. The second kappa shape index (κ2) is 8.78. The van der Waals surface area contributed by atoms with Crippen LogP contribution in [0.25, 0.3) is 0 Å². The third-order valence-corrected chi connectivity index (χ3v) is 8.91. The first-order valence-corrected chi connectivity index (χ1v) is 13.4. The van der Waals surface area contributed by atoms with Crippen LogP contribution in [0.2, 0.25) is 0 Å². The largest absolute Gasteiger partial charge is 0.369 e. The number of nitrogens with one attached hydrogen (secondary N) is 2. The highest BCUT2D eigenvalue weighted by Crippen LogP contribution is 2.32. The van der Waals surface area contributed by atoms with E-state index < -0.39 is 10.0 Å². The molecule has 0 spiro atoms. The van der Waals surface area contributed by atoms with Gasteiger partial charge in [0.05, 0.1) is 17.1 Å². The molecule has 9 nitrogen and oxygen atoms in total. The lowest BCUT2D eigenvalue weighted by Gasteiger charge is -2.36. The van der Waals surface area contributed by atoms with Crippen molar-refractivity contribution >= 4 is 27.4 Å². The average Bonchev–Trinajstić information content (AvgIpc) is 3.55. The van der Waals surface area contributed by atoms with Gasteiger partial charge in [0, 0.05) is 55.6 Å². The van der Waals surface area contributed by atoms with Gasteiger partial charge in [0.1, 0.15) is 0 Å². The average molecular weight is 493 g/mol. The lowest BCUT2D eigenvalue weighted by atomic mass is 10.1. The summed E-state index contributed by atoms with van der Waals surface area (Å²) in [7, 11) is -3.63. The van der Waals surface area contributed by atoms with Crippen LogP contribution in [0.5, 0.6) is 0 Å². The van der Waals surface area contributed by atoms with Crippen molar-refractivity contribution in [1.82, 2.24) is 19.4 Å². The standard InChI is InChI=1S/C25H28N6O3S/c32-25(18-6-8-19(9-7-18)29-12-14-30(15-13-29)20-10-11-20)26-24-22-16-31(17-23(22)27-28-24)35(33,34)21-4-2-1-3-5-21/h1-9,20H,10-17H2,(H2,26,27,28,32). The highest BCUT2D eigenvalue weighted by atomic mass is 32.2. The smallest absolute Gasteiger partial charge is 0.256 e.